The maximum atomic E-state index is 12.6. The van der Waals surface area contributed by atoms with Crippen molar-refractivity contribution in [3.8, 4) is 5.75 Å². The first-order chi connectivity index (χ1) is 10.8. The highest BCUT2D eigenvalue weighted by molar-refractivity contribution is 5.97. The van der Waals surface area contributed by atoms with E-state index in [1.54, 1.807) is 7.11 Å². The number of ether oxygens (including phenoxy) is 2. The molecular formula is C19H29NO3. The third kappa shape index (κ3) is 3.86. The van der Waals surface area contributed by atoms with Gasteiger partial charge < -0.3 is 14.8 Å². The summed E-state index contributed by atoms with van der Waals surface area (Å²) in [5.74, 6) is 1.16. The molecule has 1 saturated carbocycles. The van der Waals surface area contributed by atoms with E-state index in [0.29, 0.717) is 5.92 Å². The zero-order chi connectivity index (χ0) is 17.2. The van der Waals surface area contributed by atoms with Gasteiger partial charge in [-0.3, -0.25) is 4.79 Å². The molecule has 1 N–H and O–H groups in total. The summed E-state index contributed by atoms with van der Waals surface area (Å²) in [4.78, 5) is 12.6. The molecule has 0 radical (unpaired) electrons. The molecule has 4 heteroatoms. The second-order valence-corrected chi connectivity index (χ2v) is 6.82. The normalized spacial score (nSPS) is 18.2. The number of hydrogen-bond acceptors (Lipinski definition) is 3. The lowest BCUT2D eigenvalue weighted by Gasteiger charge is -2.27. The first-order valence-corrected chi connectivity index (χ1v) is 8.46. The topological polar surface area (TPSA) is 47.6 Å². The molecule has 1 aliphatic carbocycles. The van der Waals surface area contributed by atoms with E-state index in [1.807, 2.05) is 32.9 Å². The Morgan fingerprint density at radius 2 is 1.91 bits per heavy atom. The van der Waals surface area contributed by atoms with Crippen LogP contribution in [0, 0.1) is 19.8 Å². The summed E-state index contributed by atoms with van der Waals surface area (Å²) in [7, 11) is 1.61. The molecule has 23 heavy (non-hydrogen) atoms. The van der Waals surface area contributed by atoms with Crippen molar-refractivity contribution in [2.45, 2.75) is 65.6 Å². The minimum absolute atomic E-state index is 0.0723. The summed E-state index contributed by atoms with van der Waals surface area (Å²) in [6.07, 6.45) is 3.25. The summed E-state index contributed by atoms with van der Waals surface area (Å²) in [6.45, 7) is 10.1. The van der Waals surface area contributed by atoms with Gasteiger partial charge in [0.2, 0.25) is 0 Å². The minimum Gasteiger partial charge on any atom is -0.490 e. The SMILES string of the molecule is CC[C@@H](C)Oc1c(C)cc(NC(=O)[C@@](C)(OC)C2CC2)cc1C. The standard InChI is InChI=1S/C19H29NO3/c1-7-14(4)23-17-12(2)10-16(11-13(17)3)20-18(21)19(5,22-6)15-8-9-15/h10-11,14-15H,7-9H2,1-6H3,(H,20,21)/t14-,19+/m1/s1. The Balaban J connectivity index is 2.16. The number of amides is 1. The number of carbonyl (C=O) groups is 1. The van der Waals surface area contributed by atoms with E-state index >= 15 is 0 Å². The van der Waals surface area contributed by atoms with Crippen molar-refractivity contribution in [2.75, 3.05) is 12.4 Å². The van der Waals surface area contributed by atoms with Crippen molar-refractivity contribution in [2.24, 2.45) is 5.92 Å². The Morgan fingerprint density at radius 1 is 1.35 bits per heavy atom. The minimum atomic E-state index is -0.742. The van der Waals surface area contributed by atoms with Crippen LogP contribution in [0.4, 0.5) is 5.69 Å². The van der Waals surface area contributed by atoms with Crippen LogP contribution in [0.3, 0.4) is 0 Å². The van der Waals surface area contributed by atoms with Gasteiger partial charge in [-0.05, 0) is 76.1 Å². The molecule has 0 aliphatic heterocycles. The van der Waals surface area contributed by atoms with Gasteiger partial charge in [0.1, 0.15) is 11.4 Å². The molecule has 4 nitrogen and oxygen atoms in total. The third-order valence-electron chi connectivity index (χ3n) is 4.84. The number of hydrogen-bond donors (Lipinski definition) is 1. The van der Waals surface area contributed by atoms with E-state index in [9.17, 15) is 4.79 Å². The van der Waals surface area contributed by atoms with Crippen molar-refractivity contribution in [1.82, 2.24) is 0 Å². The molecule has 1 aromatic rings. The van der Waals surface area contributed by atoms with Crippen LogP contribution < -0.4 is 10.1 Å². The molecule has 0 unspecified atom stereocenters. The summed E-state index contributed by atoms with van der Waals surface area (Å²) in [6, 6.07) is 3.93. The van der Waals surface area contributed by atoms with Crippen LogP contribution in [0.5, 0.6) is 5.75 Å². The fourth-order valence-corrected chi connectivity index (χ4v) is 2.83. The van der Waals surface area contributed by atoms with Gasteiger partial charge in [-0.2, -0.15) is 0 Å². The number of aryl methyl sites for hydroxylation is 2. The first kappa shape index (κ1) is 17.8. The van der Waals surface area contributed by atoms with Crippen molar-refractivity contribution < 1.29 is 14.3 Å². The molecule has 0 spiro atoms. The number of nitrogens with one attached hydrogen (secondary N) is 1. The van der Waals surface area contributed by atoms with Gasteiger partial charge in [0.05, 0.1) is 6.10 Å². The Hall–Kier alpha value is -1.55. The summed E-state index contributed by atoms with van der Waals surface area (Å²) >= 11 is 0. The van der Waals surface area contributed by atoms with Crippen LogP contribution >= 0.6 is 0 Å². The molecule has 1 amide bonds. The van der Waals surface area contributed by atoms with Crippen LogP contribution in [0.2, 0.25) is 0 Å². The van der Waals surface area contributed by atoms with E-state index in [2.05, 4.69) is 19.2 Å². The van der Waals surface area contributed by atoms with Gasteiger partial charge in [-0.15, -0.1) is 0 Å². The number of carbonyl (C=O) groups excluding carboxylic acids is 1. The van der Waals surface area contributed by atoms with Gasteiger partial charge >= 0.3 is 0 Å². The fraction of sp³-hybridized carbons (Fsp3) is 0.632. The quantitative estimate of drug-likeness (QED) is 0.818. The third-order valence-corrected chi connectivity index (χ3v) is 4.84. The highest BCUT2D eigenvalue weighted by atomic mass is 16.5. The van der Waals surface area contributed by atoms with Crippen molar-refractivity contribution in [1.29, 1.82) is 0 Å². The van der Waals surface area contributed by atoms with Gasteiger partial charge in [-0.25, -0.2) is 0 Å². The predicted octanol–water partition coefficient (Wildman–Crippen LogP) is 4.23. The lowest BCUT2D eigenvalue weighted by atomic mass is 9.98. The fourth-order valence-electron chi connectivity index (χ4n) is 2.83. The zero-order valence-corrected chi connectivity index (χ0v) is 15.2. The average Bonchev–Trinajstić information content (AvgIpc) is 3.34. The van der Waals surface area contributed by atoms with Crippen molar-refractivity contribution in [3.05, 3.63) is 23.3 Å². The molecule has 2 atom stereocenters. The first-order valence-electron chi connectivity index (χ1n) is 8.46. The zero-order valence-electron chi connectivity index (χ0n) is 15.2. The second-order valence-electron chi connectivity index (χ2n) is 6.82. The summed E-state index contributed by atoms with van der Waals surface area (Å²) < 4.78 is 11.5. The Bertz CT molecular complexity index is 557. The van der Waals surface area contributed by atoms with Crippen molar-refractivity contribution >= 4 is 11.6 Å². The van der Waals surface area contributed by atoms with Gasteiger partial charge in [0, 0.05) is 12.8 Å². The maximum absolute atomic E-state index is 12.6. The maximum Gasteiger partial charge on any atom is 0.256 e. The van der Waals surface area contributed by atoms with Crippen LogP contribution in [0.1, 0.15) is 51.2 Å². The molecule has 128 valence electrons. The predicted molar refractivity (Wildman–Crippen MR) is 93.1 cm³/mol. The van der Waals surface area contributed by atoms with Crippen LogP contribution in [0.15, 0.2) is 12.1 Å². The van der Waals surface area contributed by atoms with E-state index < -0.39 is 5.60 Å². The second kappa shape index (κ2) is 6.91. The smallest absolute Gasteiger partial charge is 0.256 e. The Morgan fingerprint density at radius 3 is 2.35 bits per heavy atom. The summed E-state index contributed by atoms with van der Waals surface area (Å²) in [5, 5.41) is 3.01. The number of rotatable bonds is 7. The van der Waals surface area contributed by atoms with Crippen molar-refractivity contribution in [3.63, 3.8) is 0 Å². The number of anilines is 1. The molecule has 0 bridgehead atoms. The highest BCUT2D eigenvalue weighted by Gasteiger charge is 2.47. The number of methoxy groups -OCH3 is 1. The molecular weight excluding hydrogens is 290 g/mol. The van der Waals surface area contributed by atoms with E-state index in [0.717, 1.165) is 41.8 Å². The van der Waals surface area contributed by atoms with Crippen LogP contribution in [-0.2, 0) is 9.53 Å². The van der Waals surface area contributed by atoms with E-state index in [1.165, 1.54) is 0 Å². The number of benzene rings is 1. The van der Waals surface area contributed by atoms with Gasteiger partial charge in [-0.1, -0.05) is 6.92 Å². The van der Waals surface area contributed by atoms with E-state index in [4.69, 9.17) is 9.47 Å². The monoisotopic (exact) mass is 319 g/mol. The van der Waals surface area contributed by atoms with Crippen LogP contribution in [-0.4, -0.2) is 24.7 Å². The lowest BCUT2D eigenvalue weighted by Crippen LogP contribution is -2.44. The van der Waals surface area contributed by atoms with Gasteiger partial charge in [0.25, 0.3) is 5.91 Å². The lowest BCUT2D eigenvalue weighted by molar-refractivity contribution is -0.138. The molecule has 0 heterocycles. The van der Waals surface area contributed by atoms with E-state index in [-0.39, 0.29) is 12.0 Å². The molecule has 1 aliphatic rings. The molecule has 0 saturated heterocycles. The molecule has 1 aromatic carbocycles. The Kier molecular flexibility index (Phi) is 5.35. The summed E-state index contributed by atoms with van der Waals surface area (Å²) in [5.41, 5.74) is 2.12. The average molecular weight is 319 g/mol. The largest absolute Gasteiger partial charge is 0.490 e. The molecule has 2 rings (SSSR count). The van der Waals surface area contributed by atoms with Gasteiger partial charge in [0.15, 0.2) is 0 Å². The molecule has 0 aromatic heterocycles. The molecule has 1 fully saturated rings. The van der Waals surface area contributed by atoms with Crippen LogP contribution in [0.25, 0.3) is 0 Å². The Labute approximate surface area is 139 Å². The highest BCUT2D eigenvalue weighted by Crippen LogP contribution is 2.42.